The number of benzene rings is 2. The molecule has 2 N–H and O–H groups in total. The molecule has 1 aliphatic rings. The van der Waals surface area contributed by atoms with E-state index in [1.807, 2.05) is 24.3 Å². The molecule has 4 heteroatoms. The van der Waals surface area contributed by atoms with Gasteiger partial charge >= 0.3 is 0 Å². The van der Waals surface area contributed by atoms with Gasteiger partial charge in [-0.05, 0) is 61.6 Å². The van der Waals surface area contributed by atoms with E-state index >= 15 is 0 Å². The smallest absolute Gasteiger partial charge is 0.0908 e. The maximum absolute atomic E-state index is 11.3. The number of aromatic nitrogens is 1. The number of aromatic amines is 1. The number of rotatable bonds is 3. The number of halogens is 1. The maximum Gasteiger partial charge on any atom is 0.0908 e. The fourth-order valence-electron chi connectivity index (χ4n) is 4.04. The number of hydrogen-bond donors (Lipinski definition) is 2. The van der Waals surface area contributed by atoms with Gasteiger partial charge in [-0.15, -0.1) is 0 Å². The molecule has 2 aromatic carbocycles. The molecule has 0 radical (unpaired) electrons. The van der Waals surface area contributed by atoms with Gasteiger partial charge in [0.05, 0.1) is 5.60 Å². The van der Waals surface area contributed by atoms with Crippen molar-refractivity contribution in [2.75, 3.05) is 13.1 Å². The summed E-state index contributed by atoms with van der Waals surface area (Å²) in [6.45, 7) is 2.88. The van der Waals surface area contributed by atoms with E-state index in [4.69, 9.17) is 11.6 Å². The quantitative estimate of drug-likeness (QED) is 0.676. The van der Waals surface area contributed by atoms with Gasteiger partial charge in [0.15, 0.2) is 0 Å². The van der Waals surface area contributed by atoms with E-state index in [0.29, 0.717) is 5.02 Å². The summed E-state index contributed by atoms with van der Waals surface area (Å²) in [4.78, 5) is 5.83. The van der Waals surface area contributed by atoms with Crippen LogP contribution in [-0.4, -0.2) is 28.1 Å². The number of likely N-dealkylation sites (tertiary alicyclic amines) is 1. The van der Waals surface area contributed by atoms with E-state index in [1.165, 1.54) is 16.5 Å². The highest BCUT2D eigenvalue weighted by molar-refractivity contribution is 6.30. The molecule has 1 aliphatic heterocycles. The van der Waals surface area contributed by atoms with Crippen molar-refractivity contribution in [3.8, 4) is 0 Å². The zero-order valence-corrected chi connectivity index (χ0v) is 15.7. The zero-order chi connectivity index (χ0) is 18.0. The molecule has 1 atom stereocenters. The SMILES string of the molecule is OC1(c2ccc(Cl)cc2)CCCCN(Cc2c[nH]c3ccccc23)CC1. The Bertz CT molecular complexity index is 873. The van der Waals surface area contributed by atoms with Gasteiger partial charge in [-0.1, -0.05) is 41.9 Å². The highest BCUT2D eigenvalue weighted by Gasteiger charge is 2.30. The van der Waals surface area contributed by atoms with E-state index in [2.05, 4.69) is 40.3 Å². The molecule has 1 fully saturated rings. The lowest BCUT2D eigenvalue weighted by Gasteiger charge is -2.35. The number of para-hydroxylation sites is 1. The molecule has 0 spiro atoms. The van der Waals surface area contributed by atoms with Crippen molar-refractivity contribution >= 4 is 22.5 Å². The van der Waals surface area contributed by atoms with Crippen molar-refractivity contribution < 1.29 is 5.11 Å². The van der Waals surface area contributed by atoms with Gasteiger partial charge in [0.25, 0.3) is 0 Å². The predicted octanol–water partition coefficient (Wildman–Crippen LogP) is 5.09. The minimum atomic E-state index is -0.760. The van der Waals surface area contributed by atoms with Crippen molar-refractivity contribution in [3.63, 3.8) is 0 Å². The Balaban J connectivity index is 1.50. The highest BCUT2D eigenvalue weighted by Crippen LogP contribution is 2.33. The van der Waals surface area contributed by atoms with Crippen LogP contribution in [0.3, 0.4) is 0 Å². The molecule has 0 amide bonds. The van der Waals surface area contributed by atoms with Crippen LogP contribution in [0.2, 0.25) is 5.02 Å². The van der Waals surface area contributed by atoms with Gasteiger partial charge in [-0.2, -0.15) is 0 Å². The molecule has 26 heavy (non-hydrogen) atoms. The minimum absolute atomic E-state index is 0.712. The molecule has 2 heterocycles. The minimum Gasteiger partial charge on any atom is -0.385 e. The molecular formula is C22H25ClN2O. The van der Waals surface area contributed by atoms with Crippen LogP contribution in [0.15, 0.2) is 54.7 Å². The van der Waals surface area contributed by atoms with Crippen LogP contribution < -0.4 is 0 Å². The summed E-state index contributed by atoms with van der Waals surface area (Å²) in [6, 6.07) is 16.1. The molecule has 1 aromatic heterocycles. The van der Waals surface area contributed by atoms with Crippen molar-refractivity contribution in [1.29, 1.82) is 0 Å². The van der Waals surface area contributed by atoms with Crippen LogP contribution in [0.25, 0.3) is 10.9 Å². The Hall–Kier alpha value is -1.81. The maximum atomic E-state index is 11.3. The van der Waals surface area contributed by atoms with Gasteiger partial charge < -0.3 is 10.1 Å². The van der Waals surface area contributed by atoms with Crippen molar-refractivity contribution in [2.45, 2.75) is 37.8 Å². The lowest BCUT2D eigenvalue weighted by atomic mass is 9.84. The monoisotopic (exact) mass is 368 g/mol. The highest BCUT2D eigenvalue weighted by atomic mass is 35.5. The molecule has 3 aromatic rings. The summed E-state index contributed by atoms with van der Waals surface area (Å²) in [5.74, 6) is 0. The van der Waals surface area contributed by atoms with Gasteiger partial charge in [0.2, 0.25) is 0 Å². The number of H-pyrrole nitrogens is 1. The summed E-state index contributed by atoms with van der Waals surface area (Å²) >= 11 is 6.01. The second-order valence-corrected chi connectivity index (χ2v) is 7.82. The van der Waals surface area contributed by atoms with Crippen molar-refractivity contribution in [1.82, 2.24) is 9.88 Å². The average Bonchev–Trinajstić information content (AvgIpc) is 3.05. The van der Waals surface area contributed by atoms with Crippen molar-refractivity contribution in [2.24, 2.45) is 0 Å². The van der Waals surface area contributed by atoms with Gasteiger partial charge in [-0.3, -0.25) is 4.90 Å². The topological polar surface area (TPSA) is 39.3 Å². The van der Waals surface area contributed by atoms with E-state index in [0.717, 1.165) is 50.9 Å². The number of nitrogens with one attached hydrogen (secondary N) is 1. The lowest BCUT2D eigenvalue weighted by molar-refractivity contribution is -0.00271. The standard InChI is InChI=1S/C22H25ClN2O/c23-19-9-7-18(8-10-19)22(26)11-3-4-13-25(14-12-22)16-17-15-24-21-6-2-1-5-20(17)21/h1-2,5-10,15,24,26H,3-4,11-14,16H2. The van der Waals surface area contributed by atoms with Crippen LogP contribution in [0.5, 0.6) is 0 Å². The van der Waals surface area contributed by atoms with Gasteiger partial charge in [0, 0.05) is 35.2 Å². The molecule has 0 saturated carbocycles. The normalized spacial score (nSPS) is 22.2. The third kappa shape index (κ3) is 3.66. The van der Waals surface area contributed by atoms with E-state index < -0.39 is 5.60 Å². The van der Waals surface area contributed by atoms with Crippen LogP contribution in [-0.2, 0) is 12.1 Å². The Labute approximate surface area is 159 Å². The number of hydrogen-bond acceptors (Lipinski definition) is 2. The largest absolute Gasteiger partial charge is 0.385 e. The fourth-order valence-corrected chi connectivity index (χ4v) is 4.17. The first-order valence-corrected chi connectivity index (χ1v) is 9.78. The molecule has 1 saturated heterocycles. The third-order valence-electron chi connectivity index (χ3n) is 5.61. The van der Waals surface area contributed by atoms with Crippen LogP contribution in [0.4, 0.5) is 0 Å². The van der Waals surface area contributed by atoms with Crippen LogP contribution in [0.1, 0.15) is 36.8 Å². The molecule has 4 rings (SSSR count). The summed E-state index contributed by atoms with van der Waals surface area (Å²) in [5, 5.41) is 13.3. The van der Waals surface area contributed by atoms with Crippen LogP contribution >= 0.6 is 11.6 Å². The summed E-state index contributed by atoms with van der Waals surface area (Å²) in [7, 11) is 0. The second kappa shape index (κ2) is 7.43. The van der Waals surface area contributed by atoms with E-state index in [-0.39, 0.29) is 0 Å². The van der Waals surface area contributed by atoms with Crippen LogP contribution in [0, 0.1) is 0 Å². The average molecular weight is 369 g/mol. The van der Waals surface area contributed by atoms with Crippen molar-refractivity contribution in [3.05, 3.63) is 70.9 Å². The number of nitrogens with zero attached hydrogens (tertiary/aromatic N) is 1. The Morgan fingerprint density at radius 2 is 1.81 bits per heavy atom. The third-order valence-corrected chi connectivity index (χ3v) is 5.86. The van der Waals surface area contributed by atoms with Gasteiger partial charge in [0.1, 0.15) is 0 Å². The fraction of sp³-hybridized carbons (Fsp3) is 0.364. The number of fused-ring (bicyclic) bond motifs is 1. The molecule has 1 unspecified atom stereocenters. The Morgan fingerprint density at radius 3 is 2.65 bits per heavy atom. The Kier molecular flexibility index (Phi) is 5.03. The summed E-state index contributed by atoms with van der Waals surface area (Å²) in [5.41, 5.74) is 2.74. The predicted molar refractivity (Wildman–Crippen MR) is 107 cm³/mol. The lowest BCUT2D eigenvalue weighted by Crippen LogP contribution is -2.36. The number of aliphatic hydroxyl groups is 1. The van der Waals surface area contributed by atoms with E-state index in [9.17, 15) is 5.11 Å². The second-order valence-electron chi connectivity index (χ2n) is 7.38. The first-order valence-electron chi connectivity index (χ1n) is 9.40. The Morgan fingerprint density at radius 1 is 1.00 bits per heavy atom. The summed E-state index contributed by atoms with van der Waals surface area (Å²) in [6.07, 6.45) is 5.82. The molecule has 3 nitrogen and oxygen atoms in total. The van der Waals surface area contributed by atoms with Gasteiger partial charge in [-0.25, -0.2) is 0 Å². The van der Waals surface area contributed by atoms with E-state index in [1.54, 1.807) is 0 Å². The zero-order valence-electron chi connectivity index (χ0n) is 14.9. The summed E-state index contributed by atoms with van der Waals surface area (Å²) < 4.78 is 0. The molecule has 136 valence electrons. The molecule has 0 bridgehead atoms. The first-order chi connectivity index (χ1) is 12.6. The first kappa shape index (κ1) is 17.6. The molecule has 0 aliphatic carbocycles. The molecular weight excluding hydrogens is 344 g/mol.